The van der Waals surface area contributed by atoms with E-state index in [0.717, 1.165) is 0 Å². The van der Waals surface area contributed by atoms with Gasteiger partial charge < -0.3 is 15.7 Å². The van der Waals surface area contributed by atoms with E-state index in [9.17, 15) is 9.59 Å². The SMILES string of the molecule is C#CC(C)NC(=O)NC(CC)(CC)C(=O)O. The van der Waals surface area contributed by atoms with Crippen LogP contribution in [0.1, 0.15) is 33.6 Å². The summed E-state index contributed by atoms with van der Waals surface area (Å²) in [6, 6.07) is -0.989. The molecular weight excluding hydrogens is 208 g/mol. The molecule has 0 bridgehead atoms. The molecule has 0 saturated carbocycles. The van der Waals surface area contributed by atoms with Gasteiger partial charge in [-0.15, -0.1) is 6.42 Å². The van der Waals surface area contributed by atoms with Gasteiger partial charge in [-0.2, -0.15) is 0 Å². The van der Waals surface area contributed by atoms with Crippen molar-refractivity contribution in [3.63, 3.8) is 0 Å². The zero-order valence-corrected chi connectivity index (χ0v) is 9.83. The lowest BCUT2D eigenvalue weighted by Crippen LogP contribution is -2.57. The van der Waals surface area contributed by atoms with Gasteiger partial charge in [0, 0.05) is 0 Å². The second-order valence-corrected chi connectivity index (χ2v) is 3.58. The van der Waals surface area contributed by atoms with Crippen LogP contribution >= 0.6 is 0 Å². The van der Waals surface area contributed by atoms with Crippen LogP contribution in [0.15, 0.2) is 0 Å². The van der Waals surface area contributed by atoms with Crippen LogP contribution in [0, 0.1) is 12.3 Å². The number of carboxylic acids is 1. The molecule has 0 aromatic heterocycles. The molecule has 90 valence electrons. The van der Waals surface area contributed by atoms with E-state index in [-0.39, 0.29) is 0 Å². The van der Waals surface area contributed by atoms with Crippen molar-refractivity contribution < 1.29 is 14.7 Å². The normalized spacial score (nSPS) is 12.4. The molecule has 0 spiro atoms. The number of aliphatic carboxylic acids is 1. The summed E-state index contributed by atoms with van der Waals surface area (Å²) in [5.41, 5.74) is -1.22. The fourth-order valence-electron chi connectivity index (χ4n) is 1.27. The quantitative estimate of drug-likeness (QED) is 0.611. The number of hydrogen-bond acceptors (Lipinski definition) is 2. The van der Waals surface area contributed by atoms with Gasteiger partial charge in [-0.05, 0) is 19.8 Å². The molecule has 0 aromatic carbocycles. The van der Waals surface area contributed by atoms with Gasteiger partial charge in [0.1, 0.15) is 5.54 Å². The molecule has 1 atom stereocenters. The summed E-state index contributed by atoms with van der Waals surface area (Å²) in [4.78, 5) is 22.6. The zero-order chi connectivity index (χ0) is 12.8. The lowest BCUT2D eigenvalue weighted by molar-refractivity contribution is -0.144. The van der Waals surface area contributed by atoms with Crippen molar-refractivity contribution in [3.8, 4) is 12.3 Å². The van der Waals surface area contributed by atoms with Gasteiger partial charge in [0.05, 0.1) is 6.04 Å². The number of urea groups is 1. The highest BCUT2D eigenvalue weighted by Gasteiger charge is 2.36. The van der Waals surface area contributed by atoms with Crippen molar-refractivity contribution in [2.75, 3.05) is 0 Å². The van der Waals surface area contributed by atoms with Crippen molar-refractivity contribution in [1.29, 1.82) is 0 Å². The van der Waals surface area contributed by atoms with Crippen molar-refractivity contribution in [3.05, 3.63) is 0 Å². The Morgan fingerprint density at radius 3 is 2.25 bits per heavy atom. The Hall–Kier alpha value is -1.70. The van der Waals surface area contributed by atoms with Crippen LogP contribution in [0.25, 0.3) is 0 Å². The average molecular weight is 226 g/mol. The molecule has 5 heteroatoms. The van der Waals surface area contributed by atoms with Crippen LogP contribution in [0.4, 0.5) is 4.79 Å². The molecule has 0 aliphatic carbocycles. The molecule has 0 aliphatic rings. The number of rotatable bonds is 5. The molecule has 0 aromatic rings. The molecule has 0 radical (unpaired) electrons. The lowest BCUT2D eigenvalue weighted by Gasteiger charge is -2.28. The van der Waals surface area contributed by atoms with Crippen molar-refractivity contribution in [2.45, 2.75) is 45.2 Å². The van der Waals surface area contributed by atoms with Gasteiger partial charge >= 0.3 is 12.0 Å². The summed E-state index contributed by atoms with van der Waals surface area (Å²) < 4.78 is 0. The first-order valence-corrected chi connectivity index (χ1v) is 5.20. The Labute approximate surface area is 95.6 Å². The molecule has 0 heterocycles. The first-order chi connectivity index (χ1) is 7.41. The predicted molar refractivity (Wildman–Crippen MR) is 60.9 cm³/mol. The van der Waals surface area contributed by atoms with Crippen LogP contribution in [0.3, 0.4) is 0 Å². The first kappa shape index (κ1) is 14.3. The van der Waals surface area contributed by atoms with E-state index in [1.807, 2.05) is 0 Å². The molecule has 0 aliphatic heterocycles. The number of carbonyl (C=O) groups excluding carboxylic acids is 1. The van der Waals surface area contributed by atoms with E-state index in [2.05, 4.69) is 16.6 Å². The monoisotopic (exact) mass is 226 g/mol. The van der Waals surface area contributed by atoms with Crippen molar-refractivity contribution in [1.82, 2.24) is 10.6 Å². The Morgan fingerprint density at radius 1 is 1.44 bits per heavy atom. The summed E-state index contributed by atoms with van der Waals surface area (Å²) in [5.74, 6) is 1.29. The van der Waals surface area contributed by atoms with Crippen molar-refractivity contribution >= 4 is 12.0 Å². The third-order valence-electron chi connectivity index (χ3n) is 2.57. The number of carboxylic acid groups (broad SMARTS) is 1. The molecule has 3 N–H and O–H groups in total. The molecule has 5 nitrogen and oxygen atoms in total. The molecule has 0 saturated heterocycles. The van der Waals surface area contributed by atoms with E-state index < -0.39 is 23.6 Å². The van der Waals surface area contributed by atoms with E-state index in [1.54, 1.807) is 20.8 Å². The Bertz CT molecular complexity index is 303. The van der Waals surface area contributed by atoms with Gasteiger partial charge in [-0.3, -0.25) is 0 Å². The summed E-state index contributed by atoms with van der Waals surface area (Å²) in [6.45, 7) is 5.06. The second kappa shape index (κ2) is 6.01. The minimum absolute atomic E-state index is 0.316. The number of carbonyl (C=O) groups is 2. The summed E-state index contributed by atoms with van der Waals surface area (Å²) in [6.07, 6.45) is 5.73. The maximum absolute atomic E-state index is 11.5. The summed E-state index contributed by atoms with van der Waals surface area (Å²) in [7, 11) is 0. The predicted octanol–water partition coefficient (Wildman–Crippen LogP) is 0.951. The minimum atomic E-state index is -1.22. The Morgan fingerprint density at radius 2 is 1.94 bits per heavy atom. The van der Waals surface area contributed by atoms with E-state index in [4.69, 9.17) is 11.5 Å². The maximum atomic E-state index is 11.5. The molecule has 1 unspecified atom stereocenters. The van der Waals surface area contributed by atoms with Crippen LogP contribution in [0.2, 0.25) is 0 Å². The minimum Gasteiger partial charge on any atom is -0.480 e. The van der Waals surface area contributed by atoms with Gasteiger partial charge in [0.2, 0.25) is 0 Å². The number of amides is 2. The third-order valence-corrected chi connectivity index (χ3v) is 2.57. The fraction of sp³-hybridized carbons (Fsp3) is 0.636. The van der Waals surface area contributed by atoms with Gasteiger partial charge in [-0.1, -0.05) is 19.8 Å². The van der Waals surface area contributed by atoms with Crippen molar-refractivity contribution in [2.24, 2.45) is 0 Å². The van der Waals surface area contributed by atoms with Gasteiger partial charge in [-0.25, -0.2) is 9.59 Å². The van der Waals surface area contributed by atoms with E-state index in [0.29, 0.717) is 12.8 Å². The largest absolute Gasteiger partial charge is 0.480 e. The third kappa shape index (κ3) is 3.46. The van der Waals surface area contributed by atoms with E-state index in [1.165, 1.54) is 0 Å². The Kier molecular flexibility index (Phi) is 5.37. The zero-order valence-electron chi connectivity index (χ0n) is 9.83. The van der Waals surface area contributed by atoms with Gasteiger partial charge in [0.25, 0.3) is 0 Å². The highest BCUT2D eigenvalue weighted by atomic mass is 16.4. The van der Waals surface area contributed by atoms with Crippen LogP contribution in [0.5, 0.6) is 0 Å². The number of nitrogens with one attached hydrogen (secondary N) is 2. The second-order valence-electron chi connectivity index (χ2n) is 3.58. The Balaban J connectivity index is 4.60. The molecular formula is C11H18N2O3. The molecule has 16 heavy (non-hydrogen) atoms. The summed E-state index contributed by atoms with van der Waals surface area (Å²) >= 11 is 0. The smallest absolute Gasteiger partial charge is 0.329 e. The molecule has 0 rings (SSSR count). The molecule has 2 amide bonds. The van der Waals surface area contributed by atoms with E-state index >= 15 is 0 Å². The average Bonchev–Trinajstić information content (AvgIpc) is 2.25. The maximum Gasteiger partial charge on any atom is 0.329 e. The molecule has 0 fully saturated rings. The standard InChI is InChI=1S/C11H18N2O3/c1-5-8(4)12-10(16)13-11(6-2,7-3)9(14)15/h1,8H,6-7H2,2-4H3,(H,14,15)(H2,12,13,16). The van der Waals surface area contributed by atoms with Crippen LogP contribution < -0.4 is 10.6 Å². The van der Waals surface area contributed by atoms with Gasteiger partial charge in [0.15, 0.2) is 0 Å². The highest BCUT2D eigenvalue weighted by molar-refractivity contribution is 5.86. The lowest BCUT2D eigenvalue weighted by atomic mass is 9.93. The highest BCUT2D eigenvalue weighted by Crippen LogP contribution is 2.15. The fourth-order valence-corrected chi connectivity index (χ4v) is 1.27. The van der Waals surface area contributed by atoms with Crippen LogP contribution in [-0.4, -0.2) is 28.7 Å². The number of hydrogen-bond donors (Lipinski definition) is 3. The topological polar surface area (TPSA) is 78.4 Å². The first-order valence-electron chi connectivity index (χ1n) is 5.20. The number of terminal acetylenes is 1. The summed E-state index contributed by atoms with van der Waals surface area (Å²) in [5, 5.41) is 14.0. The van der Waals surface area contributed by atoms with Crippen LogP contribution in [-0.2, 0) is 4.79 Å².